The third kappa shape index (κ3) is 4.26. The van der Waals surface area contributed by atoms with Gasteiger partial charge in [-0.2, -0.15) is 0 Å². The molecule has 2 aliphatic rings. The molecule has 1 aliphatic carbocycles. The van der Waals surface area contributed by atoms with E-state index in [1.807, 2.05) is 11.9 Å². The smallest absolute Gasteiger partial charge is 0.257 e. The first kappa shape index (κ1) is 19.4. The van der Waals surface area contributed by atoms with Crippen LogP contribution in [-0.4, -0.2) is 40.1 Å². The summed E-state index contributed by atoms with van der Waals surface area (Å²) >= 11 is 7.54. The van der Waals surface area contributed by atoms with Gasteiger partial charge in [0.05, 0.1) is 7.11 Å². The summed E-state index contributed by atoms with van der Waals surface area (Å²) in [6, 6.07) is 1.29. The van der Waals surface area contributed by atoms with Crippen LogP contribution in [0.4, 0.5) is 5.13 Å². The molecule has 0 saturated heterocycles. The molecular weight excluding hydrogens is 410 g/mol. The van der Waals surface area contributed by atoms with Crippen molar-refractivity contribution in [2.24, 2.45) is 5.92 Å². The van der Waals surface area contributed by atoms with Crippen molar-refractivity contribution in [2.45, 2.75) is 18.9 Å². The molecule has 3 heterocycles. The quantitative estimate of drug-likeness (QED) is 0.593. The number of aromatic nitrogens is 3. The Morgan fingerprint density at radius 2 is 2.21 bits per heavy atom. The highest BCUT2D eigenvalue weighted by Gasteiger charge is 2.30. The summed E-state index contributed by atoms with van der Waals surface area (Å²) in [5, 5.41) is 12.4. The van der Waals surface area contributed by atoms with Crippen LogP contribution in [0.2, 0.25) is 0 Å². The third-order valence-corrected chi connectivity index (χ3v) is 5.76. The van der Waals surface area contributed by atoms with Crippen molar-refractivity contribution in [2.75, 3.05) is 19.5 Å². The van der Waals surface area contributed by atoms with Crippen molar-refractivity contribution in [3.63, 3.8) is 0 Å². The highest BCUT2D eigenvalue weighted by atomic mass is 35.5. The Balaban J connectivity index is 1.58. The molecule has 1 saturated carbocycles. The standard InChI is InChI=1S/C20H18ClN5O2S/c1-26-16(21)7-6-15(28-2)18(26)14-11-22-10-9-13(14)19(27)23-20-25-24-17(29-20)8-5-12-3-4-12/h6-7,9-12,18H,3-4H2,1-2H3,(H,23,25,27). The molecule has 0 aromatic carbocycles. The number of hydrogen-bond acceptors (Lipinski definition) is 7. The number of rotatable bonds is 4. The van der Waals surface area contributed by atoms with Gasteiger partial charge >= 0.3 is 0 Å². The molecule has 0 radical (unpaired) electrons. The number of amides is 1. The van der Waals surface area contributed by atoms with E-state index in [0.717, 1.165) is 12.8 Å². The number of methoxy groups -OCH3 is 1. The highest BCUT2D eigenvalue weighted by Crippen LogP contribution is 2.36. The Kier molecular flexibility index (Phi) is 5.51. The number of halogens is 1. The molecule has 0 spiro atoms. The van der Waals surface area contributed by atoms with Gasteiger partial charge in [0.15, 0.2) is 5.01 Å². The molecule has 29 heavy (non-hydrogen) atoms. The molecule has 1 N–H and O–H groups in total. The van der Waals surface area contributed by atoms with Crippen LogP contribution in [0.25, 0.3) is 0 Å². The maximum absolute atomic E-state index is 13.0. The summed E-state index contributed by atoms with van der Waals surface area (Å²) in [6.45, 7) is 0. The normalized spacial score (nSPS) is 18.3. The monoisotopic (exact) mass is 427 g/mol. The summed E-state index contributed by atoms with van der Waals surface area (Å²) in [7, 11) is 3.42. The first-order valence-electron chi connectivity index (χ1n) is 9.01. The Morgan fingerprint density at radius 3 is 2.97 bits per heavy atom. The van der Waals surface area contributed by atoms with Crippen LogP contribution in [-0.2, 0) is 4.74 Å². The lowest BCUT2D eigenvalue weighted by molar-refractivity contribution is 0.102. The molecule has 148 valence electrons. The molecule has 4 rings (SSSR count). The second kappa shape index (κ2) is 8.23. The summed E-state index contributed by atoms with van der Waals surface area (Å²) in [6.07, 6.45) is 9.04. The predicted molar refractivity (Wildman–Crippen MR) is 111 cm³/mol. The Labute approximate surface area is 177 Å². The number of hydrogen-bond donors (Lipinski definition) is 1. The molecule has 9 heteroatoms. The number of ether oxygens (including phenoxy) is 1. The Bertz CT molecular complexity index is 1060. The van der Waals surface area contributed by atoms with Gasteiger partial charge in [-0.05, 0) is 37.0 Å². The SMILES string of the molecule is COC1=CC=C(Cl)N(C)C1c1cnccc1C(=O)Nc1nnc(C#CC2CC2)s1. The zero-order valence-corrected chi connectivity index (χ0v) is 17.4. The van der Waals surface area contributed by atoms with Crippen LogP contribution in [0, 0.1) is 17.8 Å². The van der Waals surface area contributed by atoms with Crippen molar-refractivity contribution >= 4 is 34.0 Å². The fraction of sp³-hybridized carbons (Fsp3) is 0.300. The maximum atomic E-state index is 13.0. The Hall–Kier alpha value is -2.89. The van der Waals surface area contributed by atoms with Gasteiger partial charge in [0.1, 0.15) is 17.0 Å². The van der Waals surface area contributed by atoms with Gasteiger partial charge in [0, 0.05) is 36.5 Å². The van der Waals surface area contributed by atoms with Crippen LogP contribution in [0.1, 0.15) is 39.8 Å². The van der Waals surface area contributed by atoms with Gasteiger partial charge in [-0.1, -0.05) is 28.9 Å². The van der Waals surface area contributed by atoms with Crippen LogP contribution in [0.3, 0.4) is 0 Å². The Morgan fingerprint density at radius 1 is 1.38 bits per heavy atom. The lowest BCUT2D eigenvalue weighted by atomic mass is 9.98. The van der Waals surface area contributed by atoms with E-state index < -0.39 is 0 Å². The fourth-order valence-corrected chi connectivity index (χ4v) is 3.69. The van der Waals surface area contributed by atoms with E-state index in [2.05, 4.69) is 32.3 Å². The van der Waals surface area contributed by atoms with Crippen molar-refractivity contribution in [3.05, 3.63) is 57.7 Å². The van der Waals surface area contributed by atoms with Gasteiger partial charge < -0.3 is 9.64 Å². The molecule has 0 bridgehead atoms. The van der Waals surface area contributed by atoms with Crippen LogP contribution >= 0.6 is 22.9 Å². The predicted octanol–water partition coefficient (Wildman–Crippen LogP) is 3.54. The maximum Gasteiger partial charge on any atom is 0.257 e. The summed E-state index contributed by atoms with van der Waals surface area (Å²) in [5.41, 5.74) is 1.12. The van der Waals surface area contributed by atoms with E-state index in [1.54, 1.807) is 37.7 Å². The van der Waals surface area contributed by atoms with Gasteiger partial charge in [0.25, 0.3) is 5.91 Å². The van der Waals surface area contributed by atoms with Gasteiger partial charge in [-0.3, -0.25) is 15.1 Å². The van der Waals surface area contributed by atoms with E-state index in [9.17, 15) is 4.79 Å². The molecule has 2 aromatic rings. The molecular formula is C20H18ClN5O2S. The third-order valence-electron chi connectivity index (χ3n) is 4.61. The lowest BCUT2D eigenvalue weighted by Crippen LogP contribution is -2.29. The van der Waals surface area contributed by atoms with Crippen molar-refractivity contribution in [1.29, 1.82) is 0 Å². The van der Waals surface area contributed by atoms with E-state index >= 15 is 0 Å². The van der Waals surface area contributed by atoms with Gasteiger partial charge in [-0.15, -0.1) is 10.2 Å². The van der Waals surface area contributed by atoms with Crippen molar-refractivity contribution in [3.8, 4) is 11.8 Å². The average molecular weight is 428 g/mol. The molecule has 2 aromatic heterocycles. The molecule has 7 nitrogen and oxygen atoms in total. The number of carbonyl (C=O) groups excluding carboxylic acids is 1. The van der Waals surface area contributed by atoms with E-state index in [4.69, 9.17) is 16.3 Å². The summed E-state index contributed by atoms with van der Waals surface area (Å²) < 4.78 is 5.51. The number of nitrogens with one attached hydrogen (secondary N) is 1. The zero-order valence-electron chi connectivity index (χ0n) is 15.8. The summed E-state index contributed by atoms with van der Waals surface area (Å²) in [5.74, 6) is 6.98. The lowest BCUT2D eigenvalue weighted by Gasteiger charge is -2.33. The first-order valence-corrected chi connectivity index (χ1v) is 10.2. The minimum absolute atomic E-state index is 0.310. The number of carbonyl (C=O) groups is 1. The molecule has 1 fully saturated rings. The number of anilines is 1. The minimum Gasteiger partial charge on any atom is -0.499 e. The topological polar surface area (TPSA) is 80.2 Å². The average Bonchev–Trinajstić information content (AvgIpc) is 3.46. The largest absolute Gasteiger partial charge is 0.499 e. The van der Waals surface area contributed by atoms with Crippen molar-refractivity contribution < 1.29 is 9.53 Å². The van der Waals surface area contributed by atoms with Crippen molar-refractivity contribution in [1.82, 2.24) is 20.1 Å². The minimum atomic E-state index is -0.374. The van der Waals surface area contributed by atoms with Crippen LogP contribution in [0.5, 0.6) is 0 Å². The van der Waals surface area contributed by atoms with Crippen LogP contribution in [0.15, 0.2) is 41.5 Å². The molecule has 1 aliphatic heterocycles. The second-order valence-corrected chi connectivity index (χ2v) is 8.01. The summed E-state index contributed by atoms with van der Waals surface area (Å²) in [4.78, 5) is 19.0. The molecule has 1 amide bonds. The number of pyridine rings is 1. The van der Waals surface area contributed by atoms with Gasteiger partial charge in [-0.25, -0.2) is 0 Å². The van der Waals surface area contributed by atoms with Gasteiger partial charge in [0.2, 0.25) is 5.13 Å². The number of nitrogens with zero attached hydrogens (tertiary/aromatic N) is 4. The number of likely N-dealkylation sites (N-methyl/N-ethyl adjacent to an activating group) is 1. The fourth-order valence-electron chi connectivity index (χ4n) is 2.93. The van der Waals surface area contributed by atoms with E-state index in [0.29, 0.717) is 38.1 Å². The van der Waals surface area contributed by atoms with E-state index in [1.165, 1.54) is 11.3 Å². The highest BCUT2D eigenvalue weighted by molar-refractivity contribution is 7.15. The van der Waals surface area contributed by atoms with Crippen LogP contribution < -0.4 is 5.32 Å². The first-order chi connectivity index (χ1) is 14.1. The molecule has 1 atom stereocenters. The number of allylic oxidation sites excluding steroid dienone is 2. The van der Waals surface area contributed by atoms with E-state index in [-0.39, 0.29) is 11.9 Å². The zero-order chi connectivity index (χ0) is 20.4. The molecule has 1 unspecified atom stereocenters. The second-order valence-electron chi connectivity index (χ2n) is 6.65.